The molecular formula is C12H15ClO2S. The van der Waals surface area contributed by atoms with Crippen molar-refractivity contribution < 1.29 is 9.53 Å². The molecule has 16 heavy (non-hydrogen) atoms. The molecule has 0 aliphatic rings. The fourth-order valence-corrected chi connectivity index (χ4v) is 1.97. The molecule has 0 N–H and O–H groups in total. The summed E-state index contributed by atoms with van der Waals surface area (Å²) in [6.45, 7) is 2.57. The van der Waals surface area contributed by atoms with Crippen molar-refractivity contribution in [2.24, 2.45) is 0 Å². The topological polar surface area (TPSA) is 26.3 Å². The summed E-state index contributed by atoms with van der Waals surface area (Å²) in [7, 11) is 0. The Kier molecular flexibility index (Phi) is 5.71. The Hall–Kier alpha value is -0.670. The number of halogens is 1. The minimum Gasteiger partial charge on any atom is -0.494 e. The Balaban J connectivity index is 2.90. The first-order valence-electron chi connectivity index (χ1n) is 5.08. The van der Waals surface area contributed by atoms with Crippen LogP contribution < -0.4 is 4.74 Å². The lowest BCUT2D eigenvalue weighted by Crippen LogP contribution is -2.04. The summed E-state index contributed by atoms with van der Waals surface area (Å²) in [6.07, 6.45) is 2.37. The first-order valence-corrected chi connectivity index (χ1v) is 6.84. The predicted molar refractivity (Wildman–Crippen MR) is 68.8 cm³/mol. The molecule has 0 spiro atoms. The number of ketones is 1. The van der Waals surface area contributed by atoms with E-state index in [-0.39, 0.29) is 11.7 Å². The largest absolute Gasteiger partial charge is 0.494 e. The number of ether oxygens (including phenoxy) is 1. The molecule has 0 aliphatic heterocycles. The summed E-state index contributed by atoms with van der Waals surface area (Å²) in [4.78, 5) is 12.4. The Morgan fingerprint density at radius 2 is 2.19 bits per heavy atom. The van der Waals surface area contributed by atoms with Crippen LogP contribution in [0.2, 0.25) is 0 Å². The Morgan fingerprint density at radius 3 is 2.75 bits per heavy atom. The number of Topliss-reactive ketones (excluding diaryl/α,β-unsaturated/α-hetero) is 1. The number of hydrogen-bond donors (Lipinski definition) is 0. The van der Waals surface area contributed by atoms with Crippen LogP contribution in [-0.4, -0.2) is 24.5 Å². The van der Waals surface area contributed by atoms with Crippen molar-refractivity contribution >= 4 is 29.1 Å². The molecule has 88 valence electrons. The minimum atomic E-state index is 0.0300. The first kappa shape index (κ1) is 13.4. The third kappa shape index (κ3) is 4.06. The van der Waals surface area contributed by atoms with E-state index in [4.69, 9.17) is 16.3 Å². The van der Waals surface area contributed by atoms with E-state index in [9.17, 15) is 4.79 Å². The number of thioether (sulfide) groups is 1. The zero-order valence-corrected chi connectivity index (χ0v) is 11.0. The normalized spacial score (nSPS) is 10.2. The van der Waals surface area contributed by atoms with Gasteiger partial charge in [0.2, 0.25) is 0 Å². The minimum absolute atomic E-state index is 0.0300. The molecule has 0 bridgehead atoms. The number of benzene rings is 1. The van der Waals surface area contributed by atoms with Crippen LogP contribution in [0.4, 0.5) is 0 Å². The molecule has 0 aromatic heterocycles. The summed E-state index contributed by atoms with van der Waals surface area (Å²) in [5.74, 6) is 0.905. The van der Waals surface area contributed by atoms with Gasteiger partial charge in [0.25, 0.3) is 0 Å². The third-order valence-corrected chi connectivity index (χ3v) is 3.04. The highest BCUT2D eigenvalue weighted by molar-refractivity contribution is 7.98. The highest BCUT2D eigenvalue weighted by Crippen LogP contribution is 2.24. The molecule has 0 heterocycles. The Labute approximate surface area is 105 Å². The van der Waals surface area contributed by atoms with E-state index >= 15 is 0 Å². The average molecular weight is 259 g/mol. The van der Waals surface area contributed by atoms with Gasteiger partial charge < -0.3 is 4.74 Å². The van der Waals surface area contributed by atoms with Gasteiger partial charge in [0.05, 0.1) is 12.5 Å². The smallest absolute Gasteiger partial charge is 0.151 e. The fraction of sp³-hybridized carbons (Fsp3) is 0.417. The van der Waals surface area contributed by atoms with E-state index in [1.165, 1.54) is 0 Å². The monoisotopic (exact) mass is 258 g/mol. The lowest BCUT2D eigenvalue weighted by atomic mass is 10.1. The van der Waals surface area contributed by atoms with Gasteiger partial charge in [-0.25, -0.2) is 0 Å². The van der Waals surface area contributed by atoms with Crippen molar-refractivity contribution in [2.75, 3.05) is 18.7 Å². The lowest BCUT2D eigenvalue weighted by molar-refractivity contribution is -0.116. The zero-order chi connectivity index (χ0) is 12.0. The molecule has 0 amide bonds. The second-order valence-electron chi connectivity index (χ2n) is 3.30. The van der Waals surface area contributed by atoms with Gasteiger partial charge in [0.1, 0.15) is 5.75 Å². The van der Waals surface area contributed by atoms with Crippen molar-refractivity contribution in [1.82, 2.24) is 0 Å². The summed E-state index contributed by atoms with van der Waals surface area (Å²) < 4.78 is 5.45. The molecule has 4 heteroatoms. The van der Waals surface area contributed by atoms with Crippen molar-refractivity contribution in [3.8, 4) is 5.75 Å². The molecule has 2 nitrogen and oxygen atoms in total. The predicted octanol–water partition coefficient (Wildman–Crippen LogP) is 3.16. The van der Waals surface area contributed by atoms with Crippen molar-refractivity contribution in [3.05, 3.63) is 23.8 Å². The van der Waals surface area contributed by atoms with E-state index in [0.717, 1.165) is 16.2 Å². The van der Waals surface area contributed by atoms with Gasteiger partial charge >= 0.3 is 0 Å². The second-order valence-corrected chi connectivity index (χ2v) is 4.45. The van der Waals surface area contributed by atoms with E-state index < -0.39 is 0 Å². The molecule has 0 saturated heterocycles. The number of alkyl halides is 1. The number of carbonyl (C=O) groups is 1. The summed E-state index contributed by atoms with van der Waals surface area (Å²) in [5.41, 5.74) is 0.959. The van der Waals surface area contributed by atoms with E-state index in [0.29, 0.717) is 13.0 Å². The molecule has 0 radical (unpaired) electrons. The Morgan fingerprint density at radius 1 is 1.44 bits per heavy atom. The Bertz CT molecular complexity index is 366. The summed E-state index contributed by atoms with van der Waals surface area (Å²) >= 11 is 7.12. The van der Waals surface area contributed by atoms with Crippen LogP contribution in [0.3, 0.4) is 0 Å². The van der Waals surface area contributed by atoms with E-state index in [1.54, 1.807) is 11.8 Å². The standard InChI is InChI=1S/C12H15ClO2S/c1-3-15-11-5-9(4-10(14)8-13)6-12(7-11)16-2/h5-7H,3-4,8H2,1-2H3. The zero-order valence-electron chi connectivity index (χ0n) is 9.46. The van der Waals surface area contributed by atoms with E-state index in [1.807, 2.05) is 31.4 Å². The highest BCUT2D eigenvalue weighted by atomic mass is 35.5. The molecule has 0 unspecified atom stereocenters. The number of rotatable bonds is 6. The summed E-state index contributed by atoms with van der Waals surface area (Å²) in [6, 6.07) is 5.87. The quantitative estimate of drug-likeness (QED) is 0.579. The molecule has 0 aliphatic carbocycles. The number of hydrogen-bond acceptors (Lipinski definition) is 3. The van der Waals surface area contributed by atoms with Crippen LogP contribution in [-0.2, 0) is 11.2 Å². The molecule has 0 atom stereocenters. The maximum atomic E-state index is 11.3. The molecule has 1 rings (SSSR count). The number of carbonyl (C=O) groups excluding carboxylic acids is 1. The van der Waals surface area contributed by atoms with Crippen molar-refractivity contribution in [3.63, 3.8) is 0 Å². The van der Waals surface area contributed by atoms with Crippen LogP contribution in [0.5, 0.6) is 5.75 Å². The van der Waals surface area contributed by atoms with Gasteiger partial charge in [0, 0.05) is 11.3 Å². The highest BCUT2D eigenvalue weighted by Gasteiger charge is 2.06. The molecular weight excluding hydrogens is 244 g/mol. The van der Waals surface area contributed by atoms with Crippen molar-refractivity contribution in [2.45, 2.75) is 18.2 Å². The second kappa shape index (κ2) is 6.81. The average Bonchev–Trinajstić information content (AvgIpc) is 2.29. The van der Waals surface area contributed by atoms with Crippen molar-refractivity contribution in [1.29, 1.82) is 0 Å². The maximum absolute atomic E-state index is 11.3. The summed E-state index contributed by atoms with van der Waals surface area (Å²) in [5, 5.41) is 0. The van der Waals surface area contributed by atoms with E-state index in [2.05, 4.69) is 0 Å². The molecule has 0 fully saturated rings. The molecule has 1 aromatic carbocycles. The van der Waals surface area contributed by atoms with Gasteiger partial charge in [-0.3, -0.25) is 4.79 Å². The van der Waals surface area contributed by atoms with Gasteiger partial charge in [-0.15, -0.1) is 23.4 Å². The van der Waals surface area contributed by atoms with Gasteiger partial charge in [-0.2, -0.15) is 0 Å². The van der Waals surface area contributed by atoms with Crippen LogP contribution in [0.15, 0.2) is 23.1 Å². The van der Waals surface area contributed by atoms with Crippen LogP contribution in [0, 0.1) is 0 Å². The van der Waals surface area contributed by atoms with Gasteiger partial charge in [-0.05, 0) is 36.9 Å². The van der Waals surface area contributed by atoms with Crippen LogP contribution in [0.25, 0.3) is 0 Å². The SMILES string of the molecule is CCOc1cc(CC(=O)CCl)cc(SC)c1. The maximum Gasteiger partial charge on any atom is 0.151 e. The van der Waals surface area contributed by atoms with Gasteiger partial charge in [-0.1, -0.05) is 0 Å². The molecule has 1 aromatic rings. The van der Waals surface area contributed by atoms with Crippen LogP contribution >= 0.6 is 23.4 Å². The third-order valence-electron chi connectivity index (χ3n) is 2.04. The first-order chi connectivity index (χ1) is 7.69. The van der Waals surface area contributed by atoms with Gasteiger partial charge in [0.15, 0.2) is 5.78 Å². The fourth-order valence-electron chi connectivity index (χ4n) is 1.38. The molecule has 0 saturated carbocycles. The van der Waals surface area contributed by atoms with Crippen LogP contribution in [0.1, 0.15) is 12.5 Å². The lowest BCUT2D eigenvalue weighted by Gasteiger charge is -2.08.